The molecule has 0 radical (unpaired) electrons. The van der Waals surface area contributed by atoms with Crippen molar-refractivity contribution in [3.05, 3.63) is 35.9 Å². The minimum Gasteiger partial charge on any atom is -0.383 e. The number of benzene rings is 1. The Kier molecular flexibility index (Phi) is 6.86. The molecule has 0 heterocycles. The van der Waals surface area contributed by atoms with Gasteiger partial charge in [0.15, 0.2) is 0 Å². The number of likely N-dealkylation sites (N-methyl/N-ethyl adjacent to an activating group) is 1. The van der Waals surface area contributed by atoms with Crippen LogP contribution < -0.4 is 5.32 Å². The van der Waals surface area contributed by atoms with E-state index in [-0.39, 0.29) is 0 Å². The van der Waals surface area contributed by atoms with Gasteiger partial charge in [-0.25, -0.2) is 0 Å². The summed E-state index contributed by atoms with van der Waals surface area (Å²) in [7, 11) is 3.76. The van der Waals surface area contributed by atoms with Gasteiger partial charge >= 0.3 is 0 Å². The van der Waals surface area contributed by atoms with Crippen LogP contribution in [0.4, 0.5) is 0 Å². The Morgan fingerprint density at radius 3 is 2.56 bits per heavy atom. The van der Waals surface area contributed by atoms with E-state index >= 15 is 0 Å². The molecule has 0 bridgehead atoms. The molecule has 0 amide bonds. The summed E-state index contributed by atoms with van der Waals surface area (Å²) >= 11 is 0. The Balaban J connectivity index is 2.11. The summed E-state index contributed by atoms with van der Waals surface area (Å²) in [6.07, 6.45) is 4.89. The van der Waals surface area contributed by atoms with Gasteiger partial charge in [-0.15, -0.1) is 0 Å². The normalized spacial score (nSPS) is 12.6. The zero-order chi connectivity index (χ0) is 11.6. The molecule has 0 aliphatic heterocycles. The molecular weight excluding hydrogens is 198 g/mol. The van der Waals surface area contributed by atoms with Crippen LogP contribution in [0.25, 0.3) is 0 Å². The highest BCUT2D eigenvalue weighted by Gasteiger charge is 2.04. The molecule has 0 aliphatic carbocycles. The van der Waals surface area contributed by atoms with Gasteiger partial charge in [0.1, 0.15) is 0 Å². The first-order valence-corrected chi connectivity index (χ1v) is 6.07. The monoisotopic (exact) mass is 221 g/mol. The molecule has 0 aliphatic rings. The Morgan fingerprint density at radius 1 is 1.19 bits per heavy atom. The second-order valence-corrected chi connectivity index (χ2v) is 4.17. The summed E-state index contributed by atoms with van der Waals surface area (Å²) in [5, 5.41) is 3.28. The van der Waals surface area contributed by atoms with Crippen molar-refractivity contribution < 1.29 is 4.74 Å². The second-order valence-electron chi connectivity index (χ2n) is 4.17. The zero-order valence-electron chi connectivity index (χ0n) is 10.4. The molecule has 0 fully saturated rings. The zero-order valence-corrected chi connectivity index (χ0v) is 10.4. The van der Waals surface area contributed by atoms with E-state index in [4.69, 9.17) is 4.74 Å². The van der Waals surface area contributed by atoms with E-state index in [1.165, 1.54) is 31.2 Å². The largest absolute Gasteiger partial charge is 0.383 e. The van der Waals surface area contributed by atoms with Crippen LogP contribution in [-0.2, 0) is 11.2 Å². The number of ether oxygens (including phenoxy) is 1. The summed E-state index contributed by atoms with van der Waals surface area (Å²) < 4.78 is 5.15. The number of hydrogen-bond acceptors (Lipinski definition) is 2. The lowest BCUT2D eigenvalue weighted by Crippen LogP contribution is -2.29. The fraction of sp³-hybridized carbons (Fsp3) is 0.571. The molecule has 16 heavy (non-hydrogen) atoms. The SMILES string of the molecule is CNC(CCCCc1ccccc1)COC. The molecule has 0 spiro atoms. The van der Waals surface area contributed by atoms with E-state index in [1.54, 1.807) is 7.11 Å². The lowest BCUT2D eigenvalue weighted by atomic mass is 10.0. The minimum atomic E-state index is 0.501. The molecule has 1 aromatic carbocycles. The minimum absolute atomic E-state index is 0.501. The van der Waals surface area contributed by atoms with E-state index in [2.05, 4.69) is 35.6 Å². The quantitative estimate of drug-likeness (QED) is 0.681. The van der Waals surface area contributed by atoms with Gasteiger partial charge in [0.25, 0.3) is 0 Å². The molecule has 1 unspecified atom stereocenters. The fourth-order valence-corrected chi connectivity index (χ4v) is 1.88. The van der Waals surface area contributed by atoms with Crippen molar-refractivity contribution in [1.82, 2.24) is 5.32 Å². The van der Waals surface area contributed by atoms with Crippen LogP contribution in [0.3, 0.4) is 0 Å². The number of nitrogens with one attached hydrogen (secondary N) is 1. The van der Waals surface area contributed by atoms with Gasteiger partial charge in [0, 0.05) is 13.2 Å². The molecule has 2 heteroatoms. The number of aryl methyl sites for hydroxylation is 1. The van der Waals surface area contributed by atoms with E-state index in [9.17, 15) is 0 Å². The van der Waals surface area contributed by atoms with Crippen molar-refractivity contribution in [3.8, 4) is 0 Å². The van der Waals surface area contributed by atoms with Crippen LogP contribution in [0.15, 0.2) is 30.3 Å². The van der Waals surface area contributed by atoms with Crippen molar-refractivity contribution in [1.29, 1.82) is 0 Å². The van der Waals surface area contributed by atoms with E-state index in [1.807, 2.05) is 7.05 Å². The predicted molar refractivity (Wildman–Crippen MR) is 68.7 cm³/mol. The fourth-order valence-electron chi connectivity index (χ4n) is 1.88. The topological polar surface area (TPSA) is 21.3 Å². The molecule has 1 N–H and O–H groups in total. The predicted octanol–water partition coefficient (Wildman–Crippen LogP) is 2.63. The highest BCUT2D eigenvalue weighted by atomic mass is 16.5. The Morgan fingerprint density at radius 2 is 1.94 bits per heavy atom. The average Bonchev–Trinajstić information content (AvgIpc) is 2.34. The van der Waals surface area contributed by atoms with Gasteiger partial charge in [0.2, 0.25) is 0 Å². The van der Waals surface area contributed by atoms with Gasteiger partial charge in [0.05, 0.1) is 6.61 Å². The third-order valence-corrected chi connectivity index (χ3v) is 2.89. The Labute approximate surface area is 99.0 Å². The maximum Gasteiger partial charge on any atom is 0.0615 e. The molecule has 1 aromatic rings. The van der Waals surface area contributed by atoms with Crippen molar-refractivity contribution in [3.63, 3.8) is 0 Å². The highest BCUT2D eigenvalue weighted by Crippen LogP contribution is 2.07. The van der Waals surface area contributed by atoms with Gasteiger partial charge in [-0.2, -0.15) is 0 Å². The molecule has 0 aromatic heterocycles. The average molecular weight is 221 g/mol. The van der Waals surface area contributed by atoms with Gasteiger partial charge in [-0.3, -0.25) is 0 Å². The van der Waals surface area contributed by atoms with Crippen LogP contribution in [0, 0.1) is 0 Å². The molecule has 0 saturated heterocycles. The van der Waals surface area contributed by atoms with Crippen LogP contribution in [0.5, 0.6) is 0 Å². The van der Waals surface area contributed by atoms with Crippen molar-refractivity contribution >= 4 is 0 Å². The van der Waals surface area contributed by atoms with E-state index in [0.717, 1.165) is 6.61 Å². The first-order valence-electron chi connectivity index (χ1n) is 6.07. The standard InChI is InChI=1S/C14H23NO/c1-15-14(12-16-2)11-7-6-10-13-8-4-3-5-9-13/h3-5,8-9,14-15H,6-7,10-12H2,1-2H3. The van der Waals surface area contributed by atoms with Gasteiger partial charge in [-0.05, 0) is 31.9 Å². The number of unbranched alkanes of at least 4 members (excludes halogenated alkanes) is 1. The van der Waals surface area contributed by atoms with Crippen LogP contribution in [0.1, 0.15) is 24.8 Å². The maximum atomic E-state index is 5.15. The Bertz CT molecular complexity index is 261. The summed E-state index contributed by atoms with van der Waals surface area (Å²) in [6, 6.07) is 11.2. The smallest absolute Gasteiger partial charge is 0.0615 e. The molecule has 2 nitrogen and oxygen atoms in total. The number of rotatable bonds is 8. The second kappa shape index (κ2) is 8.31. The molecule has 0 saturated carbocycles. The lowest BCUT2D eigenvalue weighted by Gasteiger charge is -2.14. The summed E-state index contributed by atoms with van der Waals surface area (Å²) in [5.41, 5.74) is 1.44. The van der Waals surface area contributed by atoms with Gasteiger partial charge < -0.3 is 10.1 Å². The summed E-state index contributed by atoms with van der Waals surface area (Å²) in [4.78, 5) is 0. The lowest BCUT2D eigenvalue weighted by molar-refractivity contribution is 0.164. The number of hydrogen-bond donors (Lipinski definition) is 1. The molecule has 90 valence electrons. The van der Waals surface area contributed by atoms with Crippen LogP contribution >= 0.6 is 0 Å². The maximum absolute atomic E-state index is 5.15. The van der Waals surface area contributed by atoms with E-state index < -0.39 is 0 Å². The summed E-state index contributed by atoms with van der Waals surface area (Å²) in [6.45, 7) is 0.807. The third-order valence-electron chi connectivity index (χ3n) is 2.89. The van der Waals surface area contributed by atoms with Crippen molar-refractivity contribution in [2.45, 2.75) is 31.7 Å². The Hall–Kier alpha value is -0.860. The molecular formula is C14H23NO. The molecule has 1 atom stereocenters. The van der Waals surface area contributed by atoms with E-state index in [0.29, 0.717) is 6.04 Å². The molecule has 1 rings (SSSR count). The van der Waals surface area contributed by atoms with Gasteiger partial charge in [-0.1, -0.05) is 36.8 Å². The number of methoxy groups -OCH3 is 1. The first kappa shape index (κ1) is 13.2. The van der Waals surface area contributed by atoms with Crippen molar-refractivity contribution in [2.24, 2.45) is 0 Å². The first-order chi connectivity index (χ1) is 7.86. The van der Waals surface area contributed by atoms with Crippen LogP contribution in [-0.4, -0.2) is 26.8 Å². The van der Waals surface area contributed by atoms with Crippen LogP contribution in [0.2, 0.25) is 0 Å². The van der Waals surface area contributed by atoms with Crippen molar-refractivity contribution in [2.75, 3.05) is 20.8 Å². The third kappa shape index (κ3) is 5.29. The highest BCUT2D eigenvalue weighted by molar-refractivity contribution is 5.14. The summed E-state index contributed by atoms with van der Waals surface area (Å²) in [5.74, 6) is 0.